The molecule has 1 aliphatic rings. The second-order valence-corrected chi connectivity index (χ2v) is 7.56. The standard InChI is InChI=1S/C18H20N10O4/c1-18(2,3)17-22-24(13-4-8-15(9-5-13)27(29)30)26(25(17)23-21-12-20-19)14-6-10-16(11-7-14)28(31)32/h4-12H,19H2,1-3H3. The van der Waals surface area contributed by atoms with Gasteiger partial charge in [0, 0.05) is 29.7 Å². The van der Waals surface area contributed by atoms with E-state index in [-0.39, 0.29) is 11.4 Å². The number of non-ortho nitro benzene ring substituents is 2. The molecule has 166 valence electrons. The van der Waals surface area contributed by atoms with Gasteiger partial charge in [0.25, 0.3) is 11.4 Å². The number of nitrogens with zero attached hydrogens (tertiary/aromatic N) is 9. The number of hydrogen-bond acceptors (Lipinski definition) is 10. The van der Waals surface area contributed by atoms with Crippen LogP contribution in [0.15, 0.2) is 69.1 Å². The van der Waals surface area contributed by atoms with Gasteiger partial charge in [-0.05, 0) is 29.5 Å². The first-order chi connectivity index (χ1) is 15.1. The van der Waals surface area contributed by atoms with Gasteiger partial charge in [0.1, 0.15) is 0 Å². The van der Waals surface area contributed by atoms with E-state index in [1.54, 1.807) is 0 Å². The van der Waals surface area contributed by atoms with E-state index in [0.29, 0.717) is 17.2 Å². The molecule has 2 aromatic rings. The van der Waals surface area contributed by atoms with Crippen molar-refractivity contribution in [1.82, 2.24) is 5.12 Å². The summed E-state index contributed by atoms with van der Waals surface area (Å²) in [4.78, 5) is 21.1. The predicted molar refractivity (Wildman–Crippen MR) is 117 cm³/mol. The van der Waals surface area contributed by atoms with Crippen molar-refractivity contribution in [3.63, 3.8) is 0 Å². The van der Waals surface area contributed by atoms with Crippen molar-refractivity contribution in [3.05, 3.63) is 68.8 Å². The molecule has 32 heavy (non-hydrogen) atoms. The van der Waals surface area contributed by atoms with Gasteiger partial charge in [0.2, 0.25) is 0 Å². The minimum atomic E-state index is -0.507. The van der Waals surface area contributed by atoms with Crippen molar-refractivity contribution in [2.45, 2.75) is 20.8 Å². The predicted octanol–water partition coefficient (Wildman–Crippen LogP) is 3.59. The molecule has 14 nitrogen and oxygen atoms in total. The molecule has 0 unspecified atom stereocenters. The van der Waals surface area contributed by atoms with E-state index in [1.165, 1.54) is 63.9 Å². The van der Waals surface area contributed by atoms with Crippen LogP contribution in [0.3, 0.4) is 0 Å². The fraction of sp³-hybridized carbons (Fsp3) is 0.222. The lowest BCUT2D eigenvalue weighted by Crippen LogP contribution is -2.47. The Hall–Kier alpha value is -4.62. The Morgan fingerprint density at radius 2 is 1.44 bits per heavy atom. The Balaban J connectivity index is 2.14. The summed E-state index contributed by atoms with van der Waals surface area (Å²) in [7, 11) is 0. The Bertz CT molecular complexity index is 1090. The maximum Gasteiger partial charge on any atom is 0.269 e. The molecule has 0 spiro atoms. The molecule has 0 radical (unpaired) electrons. The van der Waals surface area contributed by atoms with E-state index < -0.39 is 15.3 Å². The third kappa shape index (κ3) is 4.43. The first-order valence-corrected chi connectivity index (χ1v) is 9.24. The van der Waals surface area contributed by atoms with Crippen LogP contribution >= 0.6 is 0 Å². The normalized spacial score (nSPS) is 14.5. The van der Waals surface area contributed by atoms with Crippen LogP contribution in [-0.4, -0.2) is 27.1 Å². The van der Waals surface area contributed by atoms with Crippen molar-refractivity contribution >= 4 is 34.9 Å². The van der Waals surface area contributed by atoms with Crippen molar-refractivity contribution < 1.29 is 9.85 Å². The molecule has 0 amide bonds. The fourth-order valence-corrected chi connectivity index (χ4v) is 2.78. The van der Waals surface area contributed by atoms with Crippen molar-refractivity contribution in [2.24, 2.45) is 31.8 Å². The second kappa shape index (κ2) is 8.63. The topological polar surface area (TPSA) is 171 Å². The number of hydrogen-bond donors (Lipinski definition) is 1. The maximum atomic E-state index is 11.1. The van der Waals surface area contributed by atoms with Crippen molar-refractivity contribution in [2.75, 3.05) is 10.2 Å². The van der Waals surface area contributed by atoms with E-state index in [9.17, 15) is 20.2 Å². The van der Waals surface area contributed by atoms with E-state index in [4.69, 9.17) is 5.84 Å². The minimum absolute atomic E-state index is 0.0782. The first kappa shape index (κ1) is 22.1. The number of hydrazine groups is 2. The number of hydrazone groups is 2. The maximum absolute atomic E-state index is 11.1. The van der Waals surface area contributed by atoms with E-state index in [0.717, 1.165) is 6.34 Å². The van der Waals surface area contributed by atoms with Gasteiger partial charge in [0.15, 0.2) is 12.2 Å². The van der Waals surface area contributed by atoms with E-state index >= 15 is 0 Å². The summed E-state index contributed by atoms with van der Waals surface area (Å²) in [5, 5.41) is 42.3. The second-order valence-electron chi connectivity index (χ2n) is 7.56. The molecule has 0 saturated heterocycles. The molecule has 0 aromatic heterocycles. The lowest BCUT2D eigenvalue weighted by Gasteiger charge is -2.33. The molecule has 2 aromatic carbocycles. The third-order valence-electron chi connectivity index (χ3n) is 4.25. The number of rotatable bonds is 6. The monoisotopic (exact) mass is 440 g/mol. The van der Waals surface area contributed by atoms with Gasteiger partial charge in [-0.3, -0.25) is 20.2 Å². The highest BCUT2D eigenvalue weighted by atomic mass is 16.6. The van der Waals surface area contributed by atoms with Gasteiger partial charge in [0.05, 0.1) is 21.2 Å². The number of benzene rings is 2. The lowest BCUT2D eigenvalue weighted by atomic mass is 9.95. The number of amidine groups is 1. The first-order valence-electron chi connectivity index (χ1n) is 9.24. The zero-order chi connectivity index (χ0) is 23.5. The molecule has 0 aliphatic carbocycles. The van der Waals surface area contributed by atoms with Gasteiger partial charge in [-0.25, -0.2) is 0 Å². The van der Waals surface area contributed by atoms with Crippen molar-refractivity contribution in [3.8, 4) is 0 Å². The molecular formula is C18H20N10O4. The van der Waals surface area contributed by atoms with Crippen LogP contribution in [0.2, 0.25) is 0 Å². The molecule has 0 bridgehead atoms. The highest BCUT2D eigenvalue weighted by molar-refractivity contribution is 5.92. The lowest BCUT2D eigenvalue weighted by molar-refractivity contribution is -0.385. The van der Waals surface area contributed by atoms with Gasteiger partial charge >= 0.3 is 0 Å². The summed E-state index contributed by atoms with van der Waals surface area (Å²) < 4.78 is 0. The highest BCUT2D eigenvalue weighted by Gasteiger charge is 2.40. The summed E-state index contributed by atoms with van der Waals surface area (Å²) >= 11 is 0. The Morgan fingerprint density at radius 3 is 1.88 bits per heavy atom. The van der Waals surface area contributed by atoms with Crippen LogP contribution in [0.5, 0.6) is 0 Å². The Kier molecular flexibility index (Phi) is 5.95. The molecule has 0 saturated carbocycles. The van der Waals surface area contributed by atoms with Crippen LogP contribution < -0.4 is 16.1 Å². The zero-order valence-corrected chi connectivity index (χ0v) is 17.4. The summed E-state index contributed by atoms with van der Waals surface area (Å²) in [6.45, 7) is 5.75. The quantitative estimate of drug-likeness (QED) is 0.177. The summed E-state index contributed by atoms with van der Waals surface area (Å²) in [5.41, 5.74) is 0.287. The highest BCUT2D eigenvalue weighted by Crippen LogP contribution is 2.35. The average molecular weight is 440 g/mol. The van der Waals surface area contributed by atoms with Crippen LogP contribution in [0.1, 0.15) is 20.8 Å². The molecule has 0 fully saturated rings. The van der Waals surface area contributed by atoms with Gasteiger partial charge in [-0.1, -0.05) is 20.8 Å². The number of nitro benzene ring substituents is 2. The van der Waals surface area contributed by atoms with Crippen LogP contribution in [-0.2, 0) is 0 Å². The average Bonchev–Trinajstić information content (AvgIpc) is 3.14. The number of nitro groups is 2. The van der Waals surface area contributed by atoms with E-state index in [1.807, 2.05) is 20.8 Å². The molecular weight excluding hydrogens is 420 g/mol. The third-order valence-corrected chi connectivity index (χ3v) is 4.25. The Morgan fingerprint density at radius 1 is 0.938 bits per heavy atom. The molecule has 0 atom stereocenters. The SMILES string of the molecule is CC(C)(C)C1=NN(c2ccc([N+](=O)[O-])cc2)N(c2ccc([N+](=O)[O-])cc2)N1N=NC=NN. The molecule has 2 N–H and O–H groups in total. The molecule has 14 heteroatoms. The summed E-state index contributed by atoms with van der Waals surface area (Å²) in [6, 6.07) is 11.5. The van der Waals surface area contributed by atoms with Gasteiger partial charge in [-0.15, -0.1) is 25.6 Å². The van der Waals surface area contributed by atoms with E-state index in [2.05, 4.69) is 20.5 Å². The Labute approximate surface area is 182 Å². The van der Waals surface area contributed by atoms with Crippen molar-refractivity contribution in [1.29, 1.82) is 0 Å². The summed E-state index contributed by atoms with van der Waals surface area (Å²) in [6.07, 6.45) is 1.04. The smallest absolute Gasteiger partial charge is 0.269 e. The number of anilines is 2. The number of nitrogens with two attached hydrogens (primary N) is 1. The van der Waals surface area contributed by atoms with Gasteiger partial charge in [-0.2, -0.15) is 5.10 Å². The molecule has 1 heterocycles. The molecule has 1 aliphatic heterocycles. The van der Waals surface area contributed by atoms with Crippen LogP contribution in [0, 0.1) is 25.6 Å². The minimum Gasteiger partial charge on any atom is -0.322 e. The van der Waals surface area contributed by atoms with Crippen LogP contribution in [0.4, 0.5) is 22.7 Å². The zero-order valence-electron chi connectivity index (χ0n) is 17.4. The molecule has 3 rings (SSSR count). The largest absolute Gasteiger partial charge is 0.322 e. The van der Waals surface area contributed by atoms with Crippen LogP contribution in [0.25, 0.3) is 0 Å². The summed E-state index contributed by atoms with van der Waals surface area (Å²) in [5.74, 6) is 5.58. The van der Waals surface area contributed by atoms with Gasteiger partial charge < -0.3 is 5.84 Å². The fourth-order valence-electron chi connectivity index (χ4n) is 2.78.